The number of nitrogens with one attached hydrogen (secondary N) is 2. The van der Waals surface area contributed by atoms with Crippen molar-refractivity contribution in [3.05, 3.63) is 15.8 Å². The minimum Gasteiger partial charge on any atom is -0.355 e. The molecule has 1 heterocycles. The Morgan fingerprint density at radius 2 is 1.95 bits per heavy atom. The Hall–Kier alpha value is -2.13. The van der Waals surface area contributed by atoms with Gasteiger partial charge in [-0.15, -0.1) is 0 Å². The van der Waals surface area contributed by atoms with Gasteiger partial charge in [-0.25, -0.2) is 4.98 Å². The molecular weight excluding hydrogens is 279 g/mol. The molecule has 112 valence electrons. The SMILES string of the molecule is CCCNc1nc(C)c([N+](=O)[O-])c(NCC(F)(F)F)n1. The Morgan fingerprint density at radius 1 is 1.30 bits per heavy atom. The maximum atomic E-state index is 12.2. The zero-order valence-electron chi connectivity index (χ0n) is 10.9. The summed E-state index contributed by atoms with van der Waals surface area (Å²) >= 11 is 0. The Balaban J connectivity index is 3.08. The van der Waals surface area contributed by atoms with E-state index >= 15 is 0 Å². The second-order valence-corrected chi connectivity index (χ2v) is 3.98. The van der Waals surface area contributed by atoms with E-state index < -0.39 is 29.1 Å². The Labute approximate surface area is 112 Å². The number of anilines is 2. The molecule has 0 unspecified atom stereocenters. The Kier molecular flexibility index (Phi) is 5.06. The molecule has 0 aliphatic heterocycles. The third-order valence-corrected chi connectivity index (χ3v) is 2.23. The predicted octanol–water partition coefficient (Wildman–Crippen LogP) is 2.49. The highest BCUT2D eigenvalue weighted by atomic mass is 19.4. The van der Waals surface area contributed by atoms with Crippen LogP contribution >= 0.6 is 0 Å². The van der Waals surface area contributed by atoms with Crippen LogP contribution in [-0.2, 0) is 0 Å². The first-order valence-corrected chi connectivity index (χ1v) is 5.82. The lowest BCUT2D eigenvalue weighted by molar-refractivity contribution is -0.385. The van der Waals surface area contributed by atoms with E-state index in [0.717, 1.165) is 6.42 Å². The second-order valence-electron chi connectivity index (χ2n) is 3.98. The topological polar surface area (TPSA) is 93.0 Å². The van der Waals surface area contributed by atoms with Crippen molar-refractivity contribution >= 4 is 17.5 Å². The van der Waals surface area contributed by atoms with Crippen molar-refractivity contribution in [2.45, 2.75) is 26.4 Å². The number of aromatic nitrogens is 2. The van der Waals surface area contributed by atoms with Gasteiger partial charge in [-0.05, 0) is 13.3 Å². The van der Waals surface area contributed by atoms with Crippen molar-refractivity contribution in [3.8, 4) is 0 Å². The molecular formula is C10H14F3N5O2. The molecule has 0 bridgehead atoms. The lowest BCUT2D eigenvalue weighted by Gasteiger charge is -2.11. The molecule has 10 heteroatoms. The first-order chi connectivity index (χ1) is 9.24. The third kappa shape index (κ3) is 4.52. The summed E-state index contributed by atoms with van der Waals surface area (Å²) in [6.07, 6.45) is -3.74. The molecule has 1 aromatic rings. The fourth-order valence-corrected chi connectivity index (χ4v) is 1.41. The second kappa shape index (κ2) is 6.35. The van der Waals surface area contributed by atoms with Crippen LogP contribution in [0.25, 0.3) is 0 Å². The van der Waals surface area contributed by atoms with Crippen LogP contribution in [-0.4, -0.2) is 34.2 Å². The van der Waals surface area contributed by atoms with E-state index in [1.54, 1.807) is 0 Å². The number of nitrogens with zero attached hydrogens (tertiary/aromatic N) is 3. The third-order valence-electron chi connectivity index (χ3n) is 2.23. The molecule has 0 amide bonds. The van der Waals surface area contributed by atoms with Gasteiger partial charge >= 0.3 is 11.9 Å². The quantitative estimate of drug-likeness (QED) is 0.618. The molecule has 0 aromatic carbocycles. The van der Waals surface area contributed by atoms with Crippen LogP contribution in [0.1, 0.15) is 19.0 Å². The fraction of sp³-hybridized carbons (Fsp3) is 0.600. The molecule has 1 rings (SSSR count). The maximum Gasteiger partial charge on any atom is 0.405 e. The van der Waals surface area contributed by atoms with E-state index in [0.29, 0.717) is 6.54 Å². The smallest absolute Gasteiger partial charge is 0.355 e. The molecule has 0 fully saturated rings. The van der Waals surface area contributed by atoms with E-state index in [4.69, 9.17) is 0 Å². The van der Waals surface area contributed by atoms with E-state index in [9.17, 15) is 23.3 Å². The van der Waals surface area contributed by atoms with Crippen molar-refractivity contribution in [2.24, 2.45) is 0 Å². The van der Waals surface area contributed by atoms with E-state index in [2.05, 4.69) is 15.3 Å². The van der Waals surface area contributed by atoms with E-state index in [-0.39, 0.29) is 11.6 Å². The van der Waals surface area contributed by atoms with Gasteiger partial charge in [0.2, 0.25) is 11.8 Å². The van der Waals surface area contributed by atoms with E-state index in [1.165, 1.54) is 6.92 Å². The van der Waals surface area contributed by atoms with Gasteiger partial charge in [0.1, 0.15) is 12.2 Å². The number of hydrogen-bond donors (Lipinski definition) is 2. The highest BCUT2D eigenvalue weighted by Gasteiger charge is 2.30. The van der Waals surface area contributed by atoms with Gasteiger partial charge in [0, 0.05) is 6.54 Å². The Bertz CT molecular complexity index is 493. The molecule has 1 aromatic heterocycles. The van der Waals surface area contributed by atoms with Crippen molar-refractivity contribution < 1.29 is 18.1 Å². The zero-order valence-corrected chi connectivity index (χ0v) is 10.9. The minimum absolute atomic E-state index is 0.00622. The molecule has 0 aliphatic rings. The molecule has 20 heavy (non-hydrogen) atoms. The number of nitro groups is 1. The average Bonchev–Trinajstić information content (AvgIpc) is 2.31. The van der Waals surface area contributed by atoms with Crippen molar-refractivity contribution in [3.63, 3.8) is 0 Å². The monoisotopic (exact) mass is 293 g/mol. The van der Waals surface area contributed by atoms with Gasteiger partial charge in [0.05, 0.1) is 4.92 Å². The van der Waals surface area contributed by atoms with Crippen LogP contribution < -0.4 is 10.6 Å². The van der Waals surface area contributed by atoms with Crippen LogP contribution in [0.15, 0.2) is 0 Å². The van der Waals surface area contributed by atoms with Crippen molar-refractivity contribution in [2.75, 3.05) is 23.7 Å². The van der Waals surface area contributed by atoms with Crippen LogP contribution in [0.2, 0.25) is 0 Å². The molecule has 7 nitrogen and oxygen atoms in total. The molecule has 0 saturated carbocycles. The van der Waals surface area contributed by atoms with Crippen LogP contribution in [0.4, 0.5) is 30.6 Å². The van der Waals surface area contributed by atoms with Crippen LogP contribution in [0, 0.1) is 17.0 Å². The lowest BCUT2D eigenvalue weighted by Crippen LogP contribution is -2.23. The number of halogens is 3. The van der Waals surface area contributed by atoms with Gasteiger partial charge in [0.15, 0.2) is 0 Å². The molecule has 0 aliphatic carbocycles. The Morgan fingerprint density at radius 3 is 2.45 bits per heavy atom. The van der Waals surface area contributed by atoms with Gasteiger partial charge in [-0.2, -0.15) is 18.2 Å². The summed E-state index contributed by atoms with van der Waals surface area (Å²) in [5.41, 5.74) is -0.565. The number of hydrogen-bond acceptors (Lipinski definition) is 6. The lowest BCUT2D eigenvalue weighted by atomic mass is 10.3. The zero-order chi connectivity index (χ0) is 15.3. The predicted molar refractivity (Wildman–Crippen MR) is 66.7 cm³/mol. The highest BCUT2D eigenvalue weighted by molar-refractivity contribution is 5.60. The minimum atomic E-state index is -4.50. The van der Waals surface area contributed by atoms with Gasteiger partial charge in [-0.3, -0.25) is 10.1 Å². The molecule has 0 saturated heterocycles. The van der Waals surface area contributed by atoms with E-state index in [1.807, 2.05) is 12.2 Å². The normalized spacial score (nSPS) is 11.2. The highest BCUT2D eigenvalue weighted by Crippen LogP contribution is 2.27. The number of rotatable bonds is 6. The molecule has 0 radical (unpaired) electrons. The summed E-state index contributed by atoms with van der Waals surface area (Å²) < 4.78 is 36.6. The summed E-state index contributed by atoms with van der Waals surface area (Å²) in [5, 5.41) is 15.6. The van der Waals surface area contributed by atoms with Gasteiger partial charge in [0.25, 0.3) is 0 Å². The first-order valence-electron chi connectivity index (χ1n) is 5.82. The summed E-state index contributed by atoms with van der Waals surface area (Å²) in [7, 11) is 0. The fourth-order valence-electron chi connectivity index (χ4n) is 1.41. The van der Waals surface area contributed by atoms with Crippen molar-refractivity contribution in [1.29, 1.82) is 0 Å². The van der Waals surface area contributed by atoms with Crippen LogP contribution in [0.3, 0.4) is 0 Å². The van der Waals surface area contributed by atoms with Crippen molar-refractivity contribution in [1.82, 2.24) is 9.97 Å². The summed E-state index contributed by atoms with van der Waals surface area (Å²) in [6, 6.07) is 0. The molecule has 2 N–H and O–H groups in total. The maximum absolute atomic E-state index is 12.2. The van der Waals surface area contributed by atoms with Gasteiger partial charge < -0.3 is 10.6 Å². The largest absolute Gasteiger partial charge is 0.405 e. The summed E-state index contributed by atoms with van der Waals surface area (Å²) in [6.45, 7) is 2.33. The average molecular weight is 293 g/mol. The number of alkyl halides is 3. The molecule has 0 spiro atoms. The number of aryl methyl sites for hydroxylation is 1. The summed E-state index contributed by atoms with van der Waals surface area (Å²) in [5.74, 6) is -0.391. The van der Waals surface area contributed by atoms with Crippen LogP contribution in [0.5, 0.6) is 0 Å². The summed E-state index contributed by atoms with van der Waals surface area (Å²) in [4.78, 5) is 17.6. The first kappa shape index (κ1) is 15.9. The van der Waals surface area contributed by atoms with Gasteiger partial charge in [-0.1, -0.05) is 6.92 Å². The molecule has 0 atom stereocenters. The standard InChI is InChI=1S/C10H14F3N5O2/c1-3-4-14-9-16-6(2)7(18(19)20)8(17-9)15-5-10(11,12)13/h3-5H2,1-2H3,(H2,14,15,16,17).